The third-order valence-electron chi connectivity index (χ3n) is 2.12. The molecule has 0 aliphatic heterocycles. The molecule has 0 saturated heterocycles. The molecule has 0 aliphatic rings. The first kappa shape index (κ1) is 13.3. The van der Waals surface area contributed by atoms with E-state index < -0.39 is 21.1 Å². The minimum Gasteiger partial charge on any atom is -0.224 e. The van der Waals surface area contributed by atoms with Crippen molar-refractivity contribution in [3.63, 3.8) is 0 Å². The van der Waals surface area contributed by atoms with Gasteiger partial charge in [0.15, 0.2) is 0 Å². The molecule has 18 heavy (non-hydrogen) atoms. The van der Waals surface area contributed by atoms with Crippen molar-refractivity contribution in [3.8, 4) is 0 Å². The minimum atomic E-state index is -3.60. The fourth-order valence-electron chi connectivity index (χ4n) is 1.29. The van der Waals surface area contributed by atoms with Gasteiger partial charge in [0.05, 0.1) is 10.2 Å². The van der Waals surface area contributed by atoms with Crippen LogP contribution in [0.25, 0.3) is 10.2 Å². The third kappa shape index (κ3) is 2.64. The summed E-state index contributed by atoms with van der Waals surface area (Å²) in [5, 5.41) is 3.07. The summed E-state index contributed by atoms with van der Waals surface area (Å²) in [5.74, 6) is 0. The van der Waals surface area contributed by atoms with Gasteiger partial charge in [-0.15, -0.1) is 22.4 Å². The van der Waals surface area contributed by atoms with Gasteiger partial charge in [0.25, 0.3) is 10.0 Å². The molecule has 0 amide bonds. The second kappa shape index (κ2) is 5.23. The van der Waals surface area contributed by atoms with Gasteiger partial charge >= 0.3 is 0 Å². The lowest BCUT2D eigenvalue weighted by Gasteiger charge is -2.12. The first-order valence-electron chi connectivity index (χ1n) is 4.98. The predicted octanol–water partition coefficient (Wildman–Crippen LogP) is 2.78. The highest BCUT2D eigenvalue weighted by molar-refractivity contribution is 8.26. The molecule has 4 nitrogen and oxygen atoms in total. The van der Waals surface area contributed by atoms with E-state index in [-0.39, 0.29) is 4.34 Å². The summed E-state index contributed by atoms with van der Waals surface area (Å²) in [4.78, 5) is 4.12. The van der Waals surface area contributed by atoms with Gasteiger partial charge in [-0.2, -0.15) is 4.13 Å². The van der Waals surface area contributed by atoms with Gasteiger partial charge in [-0.3, -0.25) is 0 Å². The summed E-state index contributed by atoms with van der Waals surface area (Å²) in [5.41, 5.74) is 0.685. The van der Waals surface area contributed by atoms with Crippen molar-refractivity contribution >= 4 is 42.7 Å². The highest BCUT2D eigenvalue weighted by Crippen LogP contribution is 2.29. The van der Waals surface area contributed by atoms with Crippen LogP contribution in [-0.2, 0) is 10.0 Å². The van der Waals surface area contributed by atoms with Crippen molar-refractivity contribution in [2.75, 3.05) is 0 Å². The monoisotopic (exact) mass is 300 g/mol. The average Bonchev–Trinajstić information content (AvgIpc) is 2.80. The lowest BCUT2D eigenvalue weighted by atomic mass is 10.3. The van der Waals surface area contributed by atoms with Crippen LogP contribution in [0, 0.1) is 0 Å². The van der Waals surface area contributed by atoms with Crippen molar-refractivity contribution < 1.29 is 8.42 Å². The SMILES string of the molecule is C=C[SH](C=C)NS(=O)(=O)c1nc2ccccc2s1. The van der Waals surface area contributed by atoms with Gasteiger partial charge in [-0.05, 0) is 22.9 Å². The Balaban J connectivity index is 2.40. The van der Waals surface area contributed by atoms with Crippen LogP contribution in [0.15, 0.2) is 52.6 Å². The summed E-state index contributed by atoms with van der Waals surface area (Å²) in [6.07, 6.45) is 0. The van der Waals surface area contributed by atoms with Gasteiger partial charge < -0.3 is 0 Å². The maximum absolute atomic E-state index is 12.1. The Kier molecular flexibility index (Phi) is 3.86. The molecule has 1 aromatic carbocycles. The van der Waals surface area contributed by atoms with E-state index in [9.17, 15) is 8.42 Å². The summed E-state index contributed by atoms with van der Waals surface area (Å²) >= 11 is 0.00668. The number of nitrogens with one attached hydrogen (secondary N) is 1. The molecular formula is C11H12N2O2S3. The van der Waals surface area contributed by atoms with E-state index in [1.807, 2.05) is 18.2 Å². The zero-order chi connectivity index (χ0) is 13.2. The summed E-state index contributed by atoms with van der Waals surface area (Å²) in [6, 6.07) is 7.31. The van der Waals surface area contributed by atoms with Gasteiger partial charge in [-0.1, -0.05) is 25.3 Å². The van der Waals surface area contributed by atoms with Crippen LogP contribution in [0.1, 0.15) is 0 Å². The highest BCUT2D eigenvalue weighted by Gasteiger charge is 2.20. The number of fused-ring (bicyclic) bond motifs is 1. The molecule has 0 bridgehead atoms. The molecule has 0 spiro atoms. The lowest BCUT2D eigenvalue weighted by Crippen LogP contribution is -2.18. The summed E-state index contributed by atoms with van der Waals surface area (Å²) in [6.45, 7) is 7.13. The Labute approximate surface area is 113 Å². The first-order valence-corrected chi connectivity index (χ1v) is 8.76. The Morgan fingerprint density at radius 2 is 1.94 bits per heavy atom. The van der Waals surface area contributed by atoms with Crippen molar-refractivity contribution in [1.82, 2.24) is 9.11 Å². The number of thiazole rings is 1. The molecule has 0 radical (unpaired) electrons. The number of rotatable bonds is 5. The number of hydrogen-bond donors (Lipinski definition) is 2. The van der Waals surface area contributed by atoms with Crippen LogP contribution in [-0.4, -0.2) is 13.4 Å². The molecule has 0 fully saturated rings. The fourth-order valence-corrected chi connectivity index (χ4v) is 5.42. The van der Waals surface area contributed by atoms with Crippen molar-refractivity contribution in [1.29, 1.82) is 0 Å². The van der Waals surface area contributed by atoms with Gasteiger partial charge in [0.2, 0.25) is 4.34 Å². The van der Waals surface area contributed by atoms with E-state index in [1.54, 1.807) is 6.07 Å². The third-order valence-corrected chi connectivity index (χ3v) is 7.00. The largest absolute Gasteiger partial charge is 0.276 e. The Bertz CT molecular complexity index is 650. The number of benzene rings is 1. The maximum Gasteiger partial charge on any atom is 0.276 e. The van der Waals surface area contributed by atoms with Gasteiger partial charge in [0, 0.05) is 0 Å². The van der Waals surface area contributed by atoms with Crippen LogP contribution in [0.4, 0.5) is 0 Å². The zero-order valence-electron chi connectivity index (χ0n) is 9.41. The van der Waals surface area contributed by atoms with Crippen molar-refractivity contribution in [2.45, 2.75) is 4.34 Å². The van der Waals surface area contributed by atoms with Crippen LogP contribution < -0.4 is 4.13 Å². The van der Waals surface area contributed by atoms with Crippen LogP contribution in [0.3, 0.4) is 0 Å². The molecule has 0 aliphatic carbocycles. The average molecular weight is 300 g/mol. The minimum absolute atomic E-state index is 0.0694. The van der Waals surface area contributed by atoms with E-state index in [1.165, 1.54) is 10.8 Å². The van der Waals surface area contributed by atoms with Crippen molar-refractivity contribution in [3.05, 3.63) is 48.2 Å². The molecule has 2 rings (SSSR count). The molecule has 0 unspecified atom stereocenters. The zero-order valence-corrected chi connectivity index (χ0v) is 11.9. The second-order valence-electron chi connectivity index (χ2n) is 3.31. The van der Waals surface area contributed by atoms with Gasteiger partial charge in [0.1, 0.15) is 0 Å². The second-order valence-corrected chi connectivity index (χ2v) is 8.27. The molecule has 1 N–H and O–H groups in total. The number of nitrogens with zero attached hydrogens (tertiary/aromatic N) is 1. The van der Waals surface area contributed by atoms with E-state index in [0.717, 1.165) is 16.0 Å². The smallest absolute Gasteiger partial charge is 0.224 e. The van der Waals surface area contributed by atoms with Crippen LogP contribution in [0.2, 0.25) is 0 Å². The van der Waals surface area contributed by atoms with Crippen LogP contribution >= 0.6 is 22.4 Å². The van der Waals surface area contributed by atoms with Crippen LogP contribution in [0.5, 0.6) is 0 Å². The normalized spacial score (nSPS) is 12.3. The molecule has 2 aromatic rings. The summed E-state index contributed by atoms with van der Waals surface area (Å²) in [7, 11) is -3.60. The molecular weight excluding hydrogens is 288 g/mol. The molecule has 0 saturated carbocycles. The number of hydrogen-bond acceptors (Lipinski definition) is 4. The number of thiol groups is 1. The maximum atomic E-state index is 12.1. The Morgan fingerprint density at radius 3 is 2.56 bits per heavy atom. The van der Waals surface area contributed by atoms with E-state index in [2.05, 4.69) is 22.3 Å². The lowest BCUT2D eigenvalue weighted by molar-refractivity contribution is 0.594. The molecule has 0 atom stereocenters. The quantitative estimate of drug-likeness (QED) is 0.835. The number of aromatic nitrogens is 1. The van der Waals surface area contributed by atoms with Crippen molar-refractivity contribution in [2.24, 2.45) is 0 Å². The molecule has 7 heteroatoms. The first-order chi connectivity index (χ1) is 8.56. The Hall–Kier alpha value is -1.15. The number of sulfonamides is 1. The van der Waals surface area contributed by atoms with E-state index in [0.29, 0.717) is 5.52 Å². The molecule has 1 aromatic heterocycles. The standard InChI is InChI=1S/C11H12N2O2S3/c1-3-17(4-2)13-18(14,15)11-12-9-7-5-6-8-10(9)16-11/h3-8,13,17H,1-2H2. The highest BCUT2D eigenvalue weighted by atomic mass is 32.3. The molecule has 96 valence electrons. The molecule has 1 heterocycles. The van der Waals surface area contributed by atoms with E-state index in [4.69, 9.17) is 0 Å². The Morgan fingerprint density at radius 1 is 1.28 bits per heavy atom. The van der Waals surface area contributed by atoms with E-state index >= 15 is 0 Å². The number of para-hydroxylation sites is 1. The summed E-state index contributed by atoms with van der Waals surface area (Å²) < 4.78 is 27.6. The topological polar surface area (TPSA) is 59.1 Å². The fraction of sp³-hybridized carbons (Fsp3) is 0. The van der Waals surface area contributed by atoms with Gasteiger partial charge in [-0.25, -0.2) is 13.4 Å². The predicted molar refractivity (Wildman–Crippen MR) is 79.3 cm³/mol.